The monoisotopic (exact) mass is 350 g/mol. The van der Waals surface area contributed by atoms with Gasteiger partial charge in [0.2, 0.25) is 0 Å². The number of esters is 1. The molecule has 0 saturated carbocycles. The zero-order chi connectivity index (χ0) is 17.2. The molecule has 0 saturated heterocycles. The van der Waals surface area contributed by atoms with Gasteiger partial charge in [0.25, 0.3) is 0 Å². The van der Waals surface area contributed by atoms with Crippen LogP contribution < -0.4 is 11.1 Å². The van der Waals surface area contributed by atoms with Crippen molar-refractivity contribution in [3.8, 4) is 0 Å². The van der Waals surface area contributed by atoms with Gasteiger partial charge in [0.15, 0.2) is 5.11 Å². The molecule has 0 bridgehead atoms. The lowest BCUT2D eigenvalue weighted by molar-refractivity contribution is 0.0601. The van der Waals surface area contributed by atoms with Gasteiger partial charge < -0.3 is 15.8 Å². The second kappa shape index (κ2) is 9.82. The number of carbonyl (C=O) groups excluding carboxylic acids is 1. The predicted molar refractivity (Wildman–Crippen MR) is 99.0 cm³/mol. The number of nitrogens with one attached hydrogen (secondary N) is 1. The first-order valence-electron chi connectivity index (χ1n) is 6.95. The van der Waals surface area contributed by atoms with Gasteiger partial charge >= 0.3 is 5.97 Å². The summed E-state index contributed by atoms with van der Waals surface area (Å²) in [6, 6.07) is 14.6. The minimum atomic E-state index is -0.369. The van der Waals surface area contributed by atoms with Gasteiger partial charge in [-0.1, -0.05) is 30.7 Å². The van der Waals surface area contributed by atoms with Crippen molar-refractivity contribution in [2.24, 2.45) is 5.73 Å². The van der Waals surface area contributed by atoms with Crippen LogP contribution in [0, 0.1) is 0 Å². The van der Waals surface area contributed by atoms with Crippen LogP contribution in [0.3, 0.4) is 0 Å². The van der Waals surface area contributed by atoms with Crippen molar-refractivity contribution in [2.45, 2.75) is 13.3 Å². The van der Waals surface area contributed by atoms with Crippen LogP contribution in [0.25, 0.3) is 0 Å². The molecular formula is C17H19ClN2O2S. The van der Waals surface area contributed by atoms with Crippen LogP contribution in [0.4, 0.5) is 5.69 Å². The molecule has 0 atom stereocenters. The van der Waals surface area contributed by atoms with Crippen molar-refractivity contribution in [3.63, 3.8) is 0 Å². The van der Waals surface area contributed by atoms with E-state index in [1.165, 1.54) is 12.7 Å². The molecule has 0 fully saturated rings. The number of hydrogen-bond acceptors (Lipinski definition) is 3. The molecule has 0 spiro atoms. The summed E-state index contributed by atoms with van der Waals surface area (Å²) in [6.07, 6.45) is 1.08. The van der Waals surface area contributed by atoms with Crippen LogP contribution >= 0.6 is 23.8 Å². The first kappa shape index (κ1) is 18.9. The number of nitrogens with two attached hydrogens (primary N) is 1. The quantitative estimate of drug-likeness (QED) is 0.646. The molecule has 23 heavy (non-hydrogen) atoms. The second-order valence-corrected chi connectivity index (χ2v) is 5.41. The molecule has 0 heterocycles. The van der Waals surface area contributed by atoms with Crippen LogP contribution in [0.15, 0.2) is 48.5 Å². The summed E-state index contributed by atoms with van der Waals surface area (Å²) in [5, 5.41) is 3.75. The van der Waals surface area contributed by atoms with Crippen molar-refractivity contribution >= 4 is 40.6 Å². The normalized spacial score (nSPS) is 9.35. The number of anilines is 1. The lowest BCUT2D eigenvalue weighted by atomic mass is 10.2. The summed E-state index contributed by atoms with van der Waals surface area (Å²) < 4.78 is 4.55. The molecule has 0 aliphatic rings. The zero-order valence-corrected chi connectivity index (χ0v) is 14.6. The molecule has 4 nitrogen and oxygen atoms in total. The van der Waals surface area contributed by atoms with E-state index in [0.717, 1.165) is 17.1 Å². The number of hydrogen-bond donors (Lipinski definition) is 2. The maximum atomic E-state index is 11.1. The van der Waals surface area contributed by atoms with Crippen LogP contribution in [0.5, 0.6) is 0 Å². The number of benzene rings is 2. The zero-order valence-electron chi connectivity index (χ0n) is 13.0. The number of carbonyl (C=O) groups is 1. The third-order valence-electron chi connectivity index (χ3n) is 2.90. The number of methoxy groups -OCH3 is 1. The Labute approximate surface area is 146 Å². The van der Waals surface area contributed by atoms with E-state index in [1.807, 2.05) is 24.3 Å². The molecule has 0 aliphatic carbocycles. The second-order valence-electron chi connectivity index (χ2n) is 4.54. The minimum Gasteiger partial charge on any atom is -0.465 e. The van der Waals surface area contributed by atoms with Gasteiger partial charge in [-0.15, -0.1) is 0 Å². The fourth-order valence-electron chi connectivity index (χ4n) is 1.67. The van der Waals surface area contributed by atoms with Gasteiger partial charge in [0.05, 0.1) is 12.7 Å². The summed E-state index contributed by atoms with van der Waals surface area (Å²) in [6.45, 7) is 2.13. The van der Waals surface area contributed by atoms with Crippen molar-refractivity contribution in [1.82, 2.24) is 0 Å². The van der Waals surface area contributed by atoms with Gasteiger partial charge in [0.1, 0.15) is 0 Å². The summed E-state index contributed by atoms with van der Waals surface area (Å²) >= 11 is 10.3. The third kappa shape index (κ3) is 7.13. The maximum absolute atomic E-state index is 11.1. The first-order chi connectivity index (χ1) is 11.0. The largest absolute Gasteiger partial charge is 0.465 e. The van der Waals surface area contributed by atoms with Gasteiger partial charge in [-0.2, -0.15) is 0 Å². The summed E-state index contributed by atoms with van der Waals surface area (Å²) in [4.78, 5) is 11.1. The fraction of sp³-hybridized carbons (Fsp3) is 0.176. The molecule has 3 N–H and O–H groups in total. The molecular weight excluding hydrogens is 332 g/mol. The van der Waals surface area contributed by atoms with Gasteiger partial charge in [-0.3, -0.25) is 0 Å². The molecule has 0 radical (unpaired) electrons. The molecule has 0 amide bonds. The Morgan fingerprint density at radius 1 is 1.17 bits per heavy atom. The molecule has 2 aromatic carbocycles. The van der Waals surface area contributed by atoms with E-state index in [-0.39, 0.29) is 11.1 Å². The Kier molecular flexibility index (Phi) is 8.08. The van der Waals surface area contributed by atoms with E-state index in [2.05, 4.69) is 29.2 Å². The van der Waals surface area contributed by atoms with Crippen molar-refractivity contribution in [3.05, 3.63) is 64.7 Å². The molecule has 0 aromatic heterocycles. The number of halogens is 1. The lowest BCUT2D eigenvalue weighted by Crippen LogP contribution is -2.18. The summed E-state index contributed by atoms with van der Waals surface area (Å²) in [5.41, 5.74) is 7.84. The Balaban J connectivity index is 0.000000253. The predicted octanol–water partition coefficient (Wildman–Crippen LogP) is 4.03. The standard InChI is InChI=1S/C9H10N2O2S.C8H9Cl/c1-13-8(12)6-2-4-7(5-3-6)11-9(10)14;1-2-7-3-5-8(9)6-4-7/h2-5H,1H3,(H3,10,11,14);3-6H,2H2,1H3. The summed E-state index contributed by atoms with van der Waals surface area (Å²) in [7, 11) is 1.34. The Morgan fingerprint density at radius 2 is 1.74 bits per heavy atom. The number of ether oxygens (including phenoxy) is 1. The minimum absolute atomic E-state index is 0.191. The van der Waals surface area contributed by atoms with Crippen LogP contribution in [0.2, 0.25) is 5.02 Å². The van der Waals surface area contributed by atoms with Gasteiger partial charge in [0, 0.05) is 10.7 Å². The first-order valence-corrected chi connectivity index (χ1v) is 7.74. The van der Waals surface area contributed by atoms with E-state index in [0.29, 0.717) is 5.56 Å². The van der Waals surface area contributed by atoms with E-state index in [1.54, 1.807) is 24.3 Å². The highest BCUT2D eigenvalue weighted by molar-refractivity contribution is 7.80. The number of aryl methyl sites for hydroxylation is 1. The average Bonchev–Trinajstić information content (AvgIpc) is 2.55. The molecule has 0 aliphatic heterocycles. The molecule has 2 rings (SSSR count). The lowest BCUT2D eigenvalue weighted by Gasteiger charge is -2.04. The molecule has 122 valence electrons. The van der Waals surface area contributed by atoms with E-state index in [4.69, 9.17) is 17.3 Å². The molecule has 0 unspecified atom stereocenters. The Morgan fingerprint density at radius 3 is 2.17 bits per heavy atom. The smallest absolute Gasteiger partial charge is 0.337 e. The SMILES string of the molecule is CCc1ccc(Cl)cc1.COC(=O)c1ccc(NC(N)=S)cc1. The highest BCUT2D eigenvalue weighted by Crippen LogP contribution is 2.10. The Bertz CT molecular complexity index is 643. The summed E-state index contributed by atoms with van der Waals surface area (Å²) in [5.74, 6) is -0.369. The van der Waals surface area contributed by atoms with Crippen molar-refractivity contribution in [1.29, 1.82) is 0 Å². The molecule has 2 aromatic rings. The topological polar surface area (TPSA) is 64.3 Å². The average molecular weight is 351 g/mol. The van der Waals surface area contributed by atoms with Gasteiger partial charge in [-0.05, 0) is 60.6 Å². The maximum Gasteiger partial charge on any atom is 0.337 e. The third-order valence-corrected chi connectivity index (χ3v) is 3.25. The van der Waals surface area contributed by atoms with Crippen LogP contribution in [0.1, 0.15) is 22.8 Å². The van der Waals surface area contributed by atoms with Gasteiger partial charge in [-0.25, -0.2) is 4.79 Å². The van der Waals surface area contributed by atoms with E-state index >= 15 is 0 Å². The molecule has 6 heteroatoms. The van der Waals surface area contributed by atoms with E-state index < -0.39 is 0 Å². The highest BCUT2D eigenvalue weighted by Gasteiger charge is 2.03. The fourth-order valence-corrected chi connectivity index (χ4v) is 1.91. The van der Waals surface area contributed by atoms with Crippen LogP contribution in [-0.4, -0.2) is 18.2 Å². The Hall–Kier alpha value is -2.11. The highest BCUT2D eigenvalue weighted by atomic mass is 35.5. The van der Waals surface area contributed by atoms with E-state index in [9.17, 15) is 4.79 Å². The van der Waals surface area contributed by atoms with Crippen molar-refractivity contribution in [2.75, 3.05) is 12.4 Å². The van der Waals surface area contributed by atoms with Crippen molar-refractivity contribution < 1.29 is 9.53 Å². The number of rotatable bonds is 3. The van der Waals surface area contributed by atoms with Crippen LogP contribution in [-0.2, 0) is 11.2 Å². The number of thiocarbonyl (C=S) groups is 1.